The summed E-state index contributed by atoms with van der Waals surface area (Å²) in [7, 11) is 3.29. The number of hydrogen-bond donors (Lipinski definition) is 2. The Kier molecular flexibility index (Phi) is 7.12. The van der Waals surface area contributed by atoms with Crippen molar-refractivity contribution in [3.63, 3.8) is 0 Å². The number of carbonyl (C=O) groups is 3. The Bertz CT molecular complexity index is 785. The van der Waals surface area contributed by atoms with Crippen LogP contribution in [-0.2, 0) is 11.3 Å². The summed E-state index contributed by atoms with van der Waals surface area (Å²) >= 11 is 1.34. The first-order valence-corrected chi connectivity index (χ1v) is 9.61. The monoisotopic (exact) mass is 387 g/mol. The first kappa shape index (κ1) is 20.6. The van der Waals surface area contributed by atoms with E-state index >= 15 is 0 Å². The van der Waals surface area contributed by atoms with Gasteiger partial charge < -0.3 is 15.5 Å². The van der Waals surface area contributed by atoms with Crippen LogP contribution in [0.5, 0.6) is 0 Å². The molecule has 27 heavy (non-hydrogen) atoms. The Hall–Kier alpha value is -2.67. The van der Waals surface area contributed by atoms with Crippen LogP contribution in [0.25, 0.3) is 0 Å². The van der Waals surface area contributed by atoms with Crippen molar-refractivity contribution in [2.75, 3.05) is 14.1 Å². The van der Waals surface area contributed by atoms with E-state index in [1.807, 2.05) is 31.4 Å². The molecular formula is C20H25N3O3S. The summed E-state index contributed by atoms with van der Waals surface area (Å²) in [5.41, 5.74) is 1.48. The van der Waals surface area contributed by atoms with Gasteiger partial charge in [-0.25, -0.2) is 0 Å². The predicted octanol–water partition coefficient (Wildman–Crippen LogP) is 2.52. The highest BCUT2D eigenvalue weighted by molar-refractivity contribution is 7.12. The fourth-order valence-electron chi connectivity index (χ4n) is 2.63. The van der Waals surface area contributed by atoms with E-state index in [4.69, 9.17) is 0 Å². The van der Waals surface area contributed by atoms with Crippen molar-refractivity contribution in [3.8, 4) is 0 Å². The lowest BCUT2D eigenvalue weighted by molar-refractivity contribution is -0.133. The molecule has 144 valence electrons. The number of hydrogen-bond acceptors (Lipinski definition) is 4. The molecule has 0 saturated carbocycles. The van der Waals surface area contributed by atoms with E-state index in [0.29, 0.717) is 17.0 Å². The number of rotatable bonds is 7. The standard InChI is InChI=1S/C20H25N3O3S/c1-13(2)17(22-19(25)16-6-5-11-27-16)20(26)23(4)12-14-7-9-15(10-8-14)18(24)21-3/h5-11,13,17H,12H2,1-4H3,(H,21,24)(H,22,25)/t17-/m0/s1. The van der Waals surface area contributed by atoms with E-state index in [0.717, 1.165) is 5.56 Å². The average Bonchev–Trinajstić information content (AvgIpc) is 3.20. The van der Waals surface area contributed by atoms with Crippen LogP contribution in [0.3, 0.4) is 0 Å². The zero-order valence-corrected chi connectivity index (χ0v) is 16.8. The molecule has 1 heterocycles. The van der Waals surface area contributed by atoms with E-state index in [-0.39, 0.29) is 23.6 Å². The van der Waals surface area contributed by atoms with Crippen molar-refractivity contribution in [2.45, 2.75) is 26.4 Å². The number of nitrogens with one attached hydrogen (secondary N) is 2. The molecule has 2 aromatic rings. The molecule has 0 radical (unpaired) electrons. The maximum Gasteiger partial charge on any atom is 0.262 e. The maximum atomic E-state index is 12.9. The van der Waals surface area contributed by atoms with Gasteiger partial charge in [0, 0.05) is 26.2 Å². The Morgan fingerprint density at radius 1 is 1.07 bits per heavy atom. The molecule has 1 aromatic carbocycles. The van der Waals surface area contributed by atoms with E-state index in [9.17, 15) is 14.4 Å². The second-order valence-electron chi connectivity index (χ2n) is 6.64. The summed E-state index contributed by atoms with van der Waals surface area (Å²) in [5.74, 6) is -0.577. The highest BCUT2D eigenvalue weighted by atomic mass is 32.1. The molecule has 0 unspecified atom stereocenters. The molecule has 0 bridgehead atoms. The lowest BCUT2D eigenvalue weighted by atomic mass is 10.0. The molecule has 3 amide bonds. The third-order valence-corrected chi connectivity index (χ3v) is 5.07. The number of amides is 3. The molecule has 2 N–H and O–H groups in total. The molecule has 0 aliphatic heterocycles. The van der Waals surface area contributed by atoms with Gasteiger partial charge in [0.2, 0.25) is 5.91 Å². The summed E-state index contributed by atoms with van der Waals surface area (Å²) < 4.78 is 0. The molecule has 1 aromatic heterocycles. The molecule has 0 aliphatic rings. The highest BCUT2D eigenvalue weighted by Crippen LogP contribution is 2.13. The van der Waals surface area contributed by atoms with Gasteiger partial charge in [-0.2, -0.15) is 0 Å². The summed E-state index contributed by atoms with van der Waals surface area (Å²) in [6, 6.07) is 10.0. The topological polar surface area (TPSA) is 78.5 Å². The molecule has 0 fully saturated rings. The van der Waals surface area contributed by atoms with E-state index in [1.54, 1.807) is 43.3 Å². The molecule has 1 atom stereocenters. The summed E-state index contributed by atoms with van der Waals surface area (Å²) in [6.45, 7) is 4.21. The van der Waals surface area contributed by atoms with Gasteiger partial charge in [0.05, 0.1) is 4.88 Å². The van der Waals surface area contributed by atoms with Gasteiger partial charge in [-0.3, -0.25) is 14.4 Å². The Morgan fingerprint density at radius 3 is 2.26 bits per heavy atom. The van der Waals surface area contributed by atoms with Crippen LogP contribution in [0.1, 0.15) is 39.4 Å². The molecule has 7 heteroatoms. The van der Waals surface area contributed by atoms with Crippen LogP contribution in [0.2, 0.25) is 0 Å². The van der Waals surface area contributed by atoms with Gasteiger partial charge in [-0.1, -0.05) is 32.0 Å². The van der Waals surface area contributed by atoms with Gasteiger partial charge in [0.1, 0.15) is 6.04 Å². The number of likely N-dealkylation sites (N-methyl/N-ethyl adjacent to an activating group) is 1. The molecular weight excluding hydrogens is 362 g/mol. The van der Waals surface area contributed by atoms with E-state index in [1.165, 1.54) is 11.3 Å². The zero-order chi connectivity index (χ0) is 20.0. The Morgan fingerprint density at radius 2 is 1.74 bits per heavy atom. The Balaban J connectivity index is 2.04. The second-order valence-corrected chi connectivity index (χ2v) is 7.59. The van der Waals surface area contributed by atoms with Gasteiger partial charge in [-0.05, 0) is 35.1 Å². The van der Waals surface area contributed by atoms with Crippen LogP contribution in [0, 0.1) is 5.92 Å². The van der Waals surface area contributed by atoms with Crippen molar-refractivity contribution in [1.29, 1.82) is 0 Å². The quantitative estimate of drug-likeness (QED) is 0.766. The maximum absolute atomic E-state index is 12.9. The summed E-state index contributed by atoms with van der Waals surface area (Å²) in [4.78, 5) is 39.0. The van der Waals surface area contributed by atoms with E-state index in [2.05, 4.69) is 10.6 Å². The first-order valence-electron chi connectivity index (χ1n) is 8.73. The lowest BCUT2D eigenvalue weighted by Gasteiger charge is -2.27. The molecule has 0 spiro atoms. The van der Waals surface area contributed by atoms with Crippen LogP contribution < -0.4 is 10.6 Å². The summed E-state index contributed by atoms with van der Waals surface area (Å²) in [6.07, 6.45) is 0. The minimum atomic E-state index is -0.602. The molecule has 0 aliphatic carbocycles. The minimum absolute atomic E-state index is 0.0421. The smallest absolute Gasteiger partial charge is 0.262 e. The first-order chi connectivity index (χ1) is 12.8. The van der Waals surface area contributed by atoms with Crippen molar-refractivity contribution < 1.29 is 14.4 Å². The largest absolute Gasteiger partial charge is 0.355 e. The normalized spacial score (nSPS) is 11.7. The number of benzene rings is 1. The highest BCUT2D eigenvalue weighted by Gasteiger charge is 2.27. The number of nitrogens with zero attached hydrogens (tertiary/aromatic N) is 1. The number of carbonyl (C=O) groups excluding carboxylic acids is 3. The minimum Gasteiger partial charge on any atom is -0.355 e. The molecule has 0 saturated heterocycles. The van der Waals surface area contributed by atoms with Gasteiger partial charge >= 0.3 is 0 Å². The van der Waals surface area contributed by atoms with Crippen molar-refractivity contribution in [1.82, 2.24) is 15.5 Å². The SMILES string of the molecule is CNC(=O)c1ccc(CN(C)C(=O)[C@@H](NC(=O)c2cccs2)C(C)C)cc1. The summed E-state index contributed by atoms with van der Waals surface area (Å²) in [5, 5.41) is 7.25. The zero-order valence-electron chi connectivity index (χ0n) is 16.0. The van der Waals surface area contributed by atoms with Crippen molar-refractivity contribution >= 4 is 29.1 Å². The van der Waals surface area contributed by atoms with Gasteiger partial charge in [-0.15, -0.1) is 11.3 Å². The fraction of sp³-hybridized carbons (Fsp3) is 0.350. The fourth-order valence-corrected chi connectivity index (χ4v) is 3.26. The second kappa shape index (κ2) is 9.32. The predicted molar refractivity (Wildman–Crippen MR) is 107 cm³/mol. The van der Waals surface area contributed by atoms with Crippen molar-refractivity contribution in [2.24, 2.45) is 5.92 Å². The van der Waals surface area contributed by atoms with Crippen LogP contribution >= 0.6 is 11.3 Å². The van der Waals surface area contributed by atoms with Gasteiger partial charge in [0.25, 0.3) is 11.8 Å². The van der Waals surface area contributed by atoms with E-state index < -0.39 is 6.04 Å². The lowest BCUT2D eigenvalue weighted by Crippen LogP contribution is -2.49. The molecule has 6 nitrogen and oxygen atoms in total. The Labute approximate surface area is 163 Å². The van der Waals surface area contributed by atoms with Gasteiger partial charge in [0.15, 0.2) is 0 Å². The molecule has 2 rings (SSSR count). The third-order valence-electron chi connectivity index (χ3n) is 4.20. The van der Waals surface area contributed by atoms with Crippen LogP contribution in [0.4, 0.5) is 0 Å². The third kappa shape index (κ3) is 5.40. The van der Waals surface area contributed by atoms with Crippen LogP contribution in [-0.4, -0.2) is 42.8 Å². The number of thiophene rings is 1. The van der Waals surface area contributed by atoms with Crippen LogP contribution in [0.15, 0.2) is 41.8 Å². The average molecular weight is 388 g/mol. The van der Waals surface area contributed by atoms with Crippen molar-refractivity contribution in [3.05, 3.63) is 57.8 Å².